The zero-order valence-corrected chi connectivity index (χ0v) is 23.9. The molecule has 0 spiro atoms. The maximum atomic E-state index is 12.8. The number of ether oxygens (including phenoxy) is 2. The van der Waals surface area contributed by atoms with Crippen LogP contribution in [-0.4, -0.2) is 59.7 Å². The van der Waals surface area contributed by atoms with Gasteiger partial charge in [-0.3, -0.25) is 15.0 Å². The number of hydrogen-bond acceptors (Lipinski definition) is 5. The number of fused-ring (bicyclic) bond motifs is 4. The molecule has 2 aromatic carbocycles. The van der Waals surface area contributed by atoms with Gasteiger partial charge in [0, 0.05) is 6.42 Å². The summed E-state index contributed by atoms with van der Waals surface area (Å²) in [5.74, 6) is -0.498. The standard InChI is InChI=1S/C25H28Br2N2O5Si/c1-24(2,3)35(16-10-6-4-7-11-16,17-12-8-5-9-13-17)34-18-14-20-29-22(32-15-19(18)33-20)25(26,27)21(30)28-23(29)31/h4-13,18-20,22H,14-15H2,1-3H3,(H,28,30,31)/t18-,19+,20+,22-/m0/s1. The topological polar surface area (TPSA) is 77.1 Å². The fourth-order valence-corrected chi connectivity index (χ4v) is 11.0. The van der Waals surface area contributed by atoms with Crippen molar-refractivity contribution in [2.75, 3.05) is 6.61 Å². The van der Waals surface area contributed by atoms with E-state index < -0.39 is 35.9 Å². The van der Waals surface area contributed by atoms with Crippen molar-refractivity contribution in [3.8, 4) is 0 Å². The predicted octanol–water partition coefficient (Wildman–Crippen LogP) is 3.44. The molecule has 3 fully saturated rings. The Kier molecular flexibility index (Phi) is 6.51. The summed E-state index contributed by atoms with van der Waals surface area (Å²) in [6, 6.07) is 20.3. The Morgan fingerprint density at radius 1 is 1.03 bits per heavy atom. The van der Waals surface area contributed by atoms with Crippen LogP contribution in [0.15, 0.2) is 60.7 Å². The quantitative estimate of drug-likeness (QED) is 0.417. The van der Waals surface area contributed by atoms with Gasteiger partial charge in [0.15, 0.2) is 6.23 Å². The predicted molar refractivity (Wildman–Crippen MR) is 141 cm³/mol. The molecule has 4 atom stereocenters. The van der Waals surface area contributed by atoms with E-state index in [2.05, 4.69) is 106 Å². The van der Waals surface area contributed by atoms with E-state index in [1.54, 1.807) is 0 Å². The molecule has 0 unspecified atom stereocenters. The Balaban J connectivity index is 1.53. The summed E-state index contributed by atoms with van der Waals surface area (Å²) >= 11 is 6.78. The number of nitrogens with zero attached hydrogens (tertiary/aromatic N) is 1. The van der Waals surface area contributed by atoms with Gasteiger partial charge in [-0.15, -0.1) is 0 Å². The van der Waals surface area contributed by atoms with Gasteiger partial charge in [0.05, 0.1) is 12.7 Å². The highest BCUT2D eigenvalue weighted by Crippen LogP contribution is 2.45. The molecule has 2 aromatic rings. The molecule has 3 saturated heterocycles. The Morgan fingerprint density at radius 2 is 1.60 bits per heavy atom. The van der Waals surface area contributed by atoms with Gasteiger partial charge in [-0.05, 0) is 15.4 Å². The van der Waals surface area contributed by atoms with Crippen molar-refractivity contribution in [1.82, 2.24) is 10.2 Å². The van der Waals surface area contributed by atoms with Crippen LogP contribution < -0.4 is 15.7 Å². The van der Waals surface area contributed by atoms with Crippen molar-refractivity contribution in [2.24, 2.45) is 0 Å². The summed E-state index contributed by atoms with van der Waals surface area (Å²) in [7, 11) is -2.82. The van der Waals surface area contributed by atoms with Crippen molar-refractivity contribution < 1.29 is 23.5 Å². The fraction of sp³-hybridized carbons (Fsp3) is 0.440. The van der Waals surface area contributed by atoms with Crippen molar-refractivity contribution in [1.29, 1.82) is 0 Å². The van der Waals surface area contributed by atoms with E-state index in [0.717, 1.165) is 0 Å². The molecule has 3 heterocycles. The Bertz CT molecular complexity index is 1070. The third kappa shape index (κ3) is 4.12. The van der Waals surface area contributed by atoms with Crippen molar-refractivity contribution in [2.45, 2.75) is 60.1 Å². The molecule has 3 aliphatic heterocycles. The number of benzene rings is 2. The van der Waals surface area contributed by atoms with Gasteiger partial charge < -0.3 is 13.9 Å². The van der Waals surface area contributed by atoms with Crippen LogP contribution in [0.2, 0.25) is 5.04 Å². The molecule has 3 aliphatic rings. The fourth-order valence-electron chi connectivity index (χ4n) is 5.35. The summed E-state index contributed by atoms with van der Waals surface area (Å²) in [5.41, 5.74) is 0. The van der Waals surface area contributed by atoms with Crippen LogP contribution in [0.4, 0.5) is 4.79 Å². The Morgan fingerprint density at radius 3 is 2.14 bits per heavy atom. The number of alkyl halides is 2. The number of hydrogen-bond donors (Lipinski definition) is 1. The van der Waals surface area contributed by atoms with Gasteiger partial charge in [0.1, 0.15) is 12.3 Å². The largest absolute Gasteiger partial charge is 0.402 e. The van der Waals surface area contributed by atoms with Crippen molar-refractivity contribution in [3.05, 3.63) is 60.7 Å². The zero-order chi connectivity index (χ0) is 25.0. The van der Waals surface area contributed by atoms with E-state index in [-0.39, 0.29) is 23.9 Å². The lowest BCUT2D eigenvalue weighted by Crippen LogP contribution is -2.69. The first-order chi connectivity index (χ1) is 16.6. The second-order valence-electron chi connectivity index (χ2n) is 10.2. The van der Waals surface area contributed by atoms with Crippen LogP contribution in [0.1, 0.15) is 27.2 Å². The molecule has 0 aliphatic carbocycles. The van der Waals surface area contributed by atoms with E-state index in [0.29, 0.717) is 6.42 Å². The van der Waals surface area contributed by atoms with Gasteiger partial charge in [-0.1, -0.05) is 113 Å². The van der Waals surface area contributed by atoms with Crippen LogP contribution in [0.5, 0.6) is 0 Å². The van der Waals surface area contributed by atoms with Gasteiger partial charge in [0.25, 0.3) is 14.2 Å². The molecule has 7 nitrogen and oxygen atoms in total. The molecule has 0 radical (unpaired) electrons. The first-order valence-corrected chi connectivity index (χ1v) is 15.1. The molecule has 5 rings (SSSR count). The summed E-state index contributed by atoms with van der Waals surface area (Å²) in [5, 5.41) is 4.55. The van der Waals surface area contributed by atoms with Gasteiger partial charge in [-0.2, -0.15) is 0 Å². The zero-order valence-electron chi connectivity index (χ0n) is 19.7. The minimum Gasteiger partial charge on any atom is -0.402 e. The Labute approximate surface area is 222 Å². The van der Waals surface area contributed by atoms with Gasteiger partial charge >= 0.3 is 6.03 Å². The van der Waals surface area contributed by atoms with E-state index in [4.69, 9.17) is 13.9 Å². The second-order valence-corrected chi connectivity index (χ2v) is 18.0. The highest BCUT2D eigenvalue weighted by atomic mass is 79.9. The Hall–Kier alpha value is -1.56. The number of rotatable bonds is 4. The number of imide groups is 1. The molecule has 2 bridgehead atoms. The van der Waals surface area contributed by atoms with E-state index in [1.807, 2.05) is 12.1 Å². The lowest BCUT2D eigenvalue weighted by atomic mass is 10.1. The normalized spacial score (nSPS) is 28.3. The van der Waals surface area contributed by atoms with Crippen LogP contribution in [0.25, 0.3) is 0 Å². The van der Waals surface area contributed by atoms with E-state index in [1.165, 1.54) is 15.3 Å². The number of nitrogens with one attached hydrogen (secondary N) is 1. The lowest BCUT2D eigenvalue weighted by Gasteiger charge is -2.46. The lowest BCUT2D eigenvalue weighted by molar-refractivity contribution is -0.134. The van der Waals surface area contributed by atoms with Crippen LogP contribution in [0, 0.1) is 0 Å². The average Bonchev–Trinajstić information content (AvgIpc) is 3.09. The second kappa shape index (κ2) is 9.07. The smallest absolute Gasteiger partial charge is 0.328 e. The highest BCUT2D eigenvalue weighted by molar-refractivity contribution is 9.26. The molecule has 10 heteroatoms. The van der Waals surface area contributed by atoms with Crippen molar-refractivity contribution >= 4 is 62.5 Å². The maximum Gasteiger partial charge on any atom is 0.328 e. The molecular formula is C25H28Br2N2O5Si. The number of carbonyl (C=O) groups is 2. The molecule has 0 saturated carbocycles. The molecule has 1 N–H and O–H groups in total. The van der Waals surface area contributed by atoms with Gasteiger partial charge in [-0.25, -0.2) is 4.79 Å². The first kappa shape index (κ1) is 25.1. The number of carbonyl (C=O) groups excluding carboxylic acids is 2. The minimum atomic E-state index is -2.82. The molecule has 3 amide bonds. The van der Waals surface area contributed by atoms with Gasteiger partial charge in [0.2, 0.25) is 3.23 Å². The molecule has 0 aromatic heterocycles. The van der Waals surface area contributed by atoms with E-state index in [9.17, 15) is 9.59 Å². The summed E-state index contributed by atoms with van der Waals surface area (Å²) in [4.78, 5) is 26.7. The average molecular weight is 624 g/mol. The summed E-state index contributed by atoms with van der Waals surface area (Å²) in [6.07, 6.45) is -1.62. The molecule has 186 valence electrons. The number of halogens is 2. The first-order valence-electron chi connectivity index (χ1n) is 11.6. The van der Waals surface area contributed by atoms with Crippen LogP contribution >= 0.6 is 31.9 Å². The van der Waals surface area contributed by atoms with Crippen LogP contribution in [-0.2, 0) is 18.7 Å². The third-order valence-electron chi connectivity index (χ3n) is 6.97. The molecule has 35 heavy (non-hydrogen) atoms. The monoisotopic (exact) mass is 622 g/mol. The minimum absolute atomic E-state index is 0.193. The van der Waals surface area contributed by atoms with Crippen LogP contribution in [0.3, 0.4) is 0 Å². The SMILES string of the molecule is CC(C)(C)[Si](O[C@H]1C[C@H]2O[C@@H]1CO[C@@H]1N2C(=O)NC(=O)C1(Br)Br)(c1ccccc1)c1ccccc1. The summed E-state index contributed by atoms with van der Waals surface area (Å²) < 4.78 is 18.4. The maximum absolute atomic E-state index is 12.8. The third-order valence-corrected chi connectivity index (χ3v) is 13.5. The number of urea groups is 1. The molecular weight excluding hydrogens is 596 g/mol. The number of amides is 3. The highest BCUT2D eigenvalue weighted by Gasteiger charge is 2.60. The van der Waals surface area contributed by atoms with E-state index >= 15 is 0 Å². The van der Waals surface area contributed by atoms with Crippen molar-refractivity contribution in [3.63, 3.8) is 0 Å². The summed E-state index contributed by atoms with van der Waals surface area (Å²) in [6.45, 7) is 6.88.